The number of amides is 1. The van der Waals surface area contributed by atoms with Gasteiger partial charge in [0.15, 0.2) is 6.04 Å². The predicted molar refractivity (Wildman–Crippen MR) is 59.4 cm³/mol. The van der Waals surface area contributed by atoms with Gasteiger partial charge < -0.3 is 14.7 Å². The third-order valence-electron chi connectivity index (χ3n) is 2.90. The molecule has 2 fully saturated rings. The Morgan fingerprint density at radius 1 is 1.44 bits per heavy atom. The third kappa shape index (κ3) is 2.32. The molecule has 2 rings (SSSR count). The molecule has 2 unspecified atom stereocenters. The summed E-state index contributed by atoms with van der Waals surface area (Å²) in [6.45, 7) is 0.943. The van der Waals surface area contributed by atoms with Crippen molar-refractivity contribution >= 4 is 23.6 Å². The number of hydrogen-bond acceptors (Lipinski definition) is 4. The number of carboxylic acids is 1. The van der Waals surface area contributed by atoms with Gasteiger partial charge in [-0.15, -0.1) is 11.8 Å². The fourth-order valence-electron chi connectivity index (χ4n) is 2.03. The van der Waals surface area contributed by atoms with E-state index in [4.69, 9.17) is 9.84 Å². The van der Waals surface area contributed by atoms with Crippen molar-refractivity contribution in [2.45, 2.75) is 24.1 Å². The first-order valence-corrected chi connectivity index (χ1v) is 6.47. The fourth-order valence-corrected chi connectivity index (χ4v) is 3.26. The van der Waals surface area contributed by atoms with E-state index in [1.165, 1.54) is 4.90 Å². The molecule has 0 spiro atoms. The molecule has 1 amide bonds. The highest BCUT2D eigenvalue weighted by Crippen LogP contribution is 2.28. The second kappa shape index (κ2) is 5.05. The van der Waals surface area contributed by atoms with E-state index < -0.39 is 12.0 Å². The van der Waals surface area contributed by atoms with Crippen LogP contribution in [0.15, 0.2) is 0 Å². The van der Waals surface area contributed by atoms with Crippen LogP contribution in [0.3, 0.4) is 0 Å². The first kappa shape index (κ1) is 11.7. The highest BCUT2D eigenvalue weighted by atomic mass is 32.2. The summed E-state index contributed by atoms with van der Waals surface area (Å²) in [6.07, 6.45) is 1.91. The van der Waals surface area contributed by atoms with Crippen LogP contribution in [0.5, 0.6) is 0 Å². The van der Waals surface area contributed by atoms with Crippen LogP contribution < -0.4 is 0 Å². The molecule has 90 valence electrons. The average Bonchev–Trinajstić information content (AvgIpc) is 2.81. The van der Waals surface area contributed by atoms with Gasteiger partial charge >= 0.3 is 5.97 Å². The number of ether oxygens (including phenoxy) is 1. The molecule has 0 saturated carbocycles. The molecule has 0 aromatic carbocycles. The maximum Gasteiger partial charge on any atom is 0.328 e. The van der Waals surface area contributed by atoms with Crippen molar-refractivity contribution in [3.8, 4) is 0 Å². The summed E-state index contributed by atoms with van der Waals surface area (Å²) in [7, 11) is 0. The van der Waals surface area contributed by atoms with E-state index >= 15 is 0 Å². The van der Waals surface area contributed by atoms with Crippen molar-refractivity contribution in [3.05, 3.63) is 0 Å². The number of carbonyl (C=O) groups excluding carboxylic acids is 1. The van der Waals surface area contributed by atoms with Gasteiger partial charge in [0.1, 0.15) is 0 Å². The molecular formula is C10H15NO4S. The van der Waals surface area contributed by atoms with Gasteiger partial charge in [-0.1, -0.05) is 0 Å². The lowest BCUT2D eigenvalue weighted by atomic mass is 10.1. The number of rotatable bonds is 2. The van der Waals surface area contributed by atoms with Crippen LogP contribution in [0.25, 0.3) is 0 Å². The lowest BCUT2D eigenvalue weighted by Crippen LogP contribution is -2.54. The molecule has 0 aliphatic carbocycles. The van der Waals surface area contributed by atoms with Crippen LogP contribution in [0.4, 0.5) is 0 Å². The number of hydrogen-bond donors (Lipinski definition) is 1. The highest BCUT2D eigenvalue weighted by Gasteiger charge is 2.37. The van der Waals surface area contributed by atoms with Crippen LogP contribution in [0.1, 0.15) is 12.8 Å². The largest absolute Gasteiger partial charge is 0.480 e. The molecule has 16 heavy (non-hydrogen) atoms. The van der Waals surface area contributed by atoms with E-state index in [1.807, 2.05) is 0 Å². The molecule has 2 saturated heterocycles. The average molecular weight is 245 g/mol. The fraction of sp³-hybridized carbons (Fsp3) is 0.800. The Labute approximate surface area is 98.1 Å². The monoisotopic (exact) mass is 245 g/mol. The number of carboxylic acid groups (broad SMARTS) is 1. The van der Waals surface area contributed by atoms with Crippen LogP contribution in [-0.2, 0) is 14.3 Å². The molecule has 0 aromatic heterocycles. The van der Waals surface area contributed by atoms with Crippen molar-refractivity contribution in [2.24, 2.45) is 0 Å². The standard InChI is InChI=1S/C10H15NO4S/c12-9(8-2-1-5-16-8)11-3-4-15-6-7(11)10(13)14/h7-8H,1-6H2,(H,13,14). The highest BCUT2D eigenvalue weighted by molar-refractivity contribution is 8.00. The first-order valence-electron chi connectivity index (χ1n) is 5.43. The summed E-state index contributed by atoms with van der Waals surface area (Å²) < 4.78 is 5.10. The van der Waals surface area contributed by atoms with Gasteiger partial charge in [-0.05, 0) is 18.6 Å². The van der Waals surface area contributed by atoms with Gasteiger partial charge in [0.05, 0.1) is 18.5 Å². The van der Waals surface area contributed by atoms with E-state index in [-0.39, 0.29) is 17.8 Å². The number of morpholine rings is 1. The Morgan fingerprint density at radius 2 is 2.25 bits per heavy atom. The van der Waals surface area contributed by atoms with E-state index in [9.17, 15) is 9.59 Å². The Balaban J connectivity index is 2.04. The lowest BCUT2D eigenvalue weighted by molar-refractivity contribution is -0.158. The minimum Gasteiger partial charge on any atom is -0.480 e. The summed E-state index contributed by atoms with van der Waals surface area (Å²) in [5.41, 5.74) is 0. The molecule has 2 atom stereocenters. The van der Waals surface area contributed by atoms with Gasteiger partial charge in [-0.25, -0.2) is 4.79 Å². The molecule has 6 heteroatoms. The van der Waals surface area contributed by atoms with E-state index in [0.29, 0.717) is 13.2 Å². The quantitative estimate of drug-likeness (QED) is 0.752. The lowest BCUT2D eigenvalue weighted by Gasteiger charge is -2.34. The number of aliphatic carboxylic acids is 1. The van der Waals surface area contributed by atoms with E-state index in [2.05, 4.69) is 0 Å². The van der Waals surface area contributed by atoms with E-state index in [0.717, 1.165) is 18.6 Å². The van der Waals surface area contributed by atoms with Gasteiger partial charge in [0.25, 0.3) is 0 Å². The van der Waals surface area contributed by atoms with Crippen molar-refractivity contribution in [1.29, 1.82) is 0 Å². The van der Waals surface area contributed by atoms with Crippen molar-refractivity contribution in [1.82, 2.24) is 4.90 Å². The summed E-state index contributed by atoms with van der Waals surface area (Å²) in [6, 6.07) is -0.803. The van der Waals surface area contributed by atoms with Gasteiger partial charge in [0, 0.05) is 6.54 Å². The van der Waals surface area contributed by atoms with Gasteiger partial charge in [-0.3, -0.25) is 4.79 Å². The summed E-state index contributed by atoms with van der Waals surface area (Å²) in [5, 5.41) is 8.98. The second-order valence-electron chi connectivity index (χ2n) is 3.96. The van der Waals surface area contributed by atoms with E-state index in [1.54, 1.807) is 11.8 Å². The van der Waals surface area contributed by atoms with Crippen LogP contribution in [-0.4, -0.2) is 58.7 Å². The SMILES string of the molecule is O=C(O)C1COCCN1C(=O)C1CCCS1. The minimum atomic E-state index is -0.976. The molecule has 2 aliphatic rings. The Hall–Kier alpha value is -0.750. The zero-order valence-corrected chi connectivity index (χ0v) is 9.74. The molecule has 5 nitrogen and oxygen atoms in total. The Morgan fingerprint density at radius 3 is 2.88 bits per heavy atom. The molecular weight excluding hydrogens is 230 g/mol. The third-order valence-corrected chi connectivity index (χ3v) is 4.27. The zero-order chi connectivity index (χ0) is 11.5. The normalized spacial score (nSPS) is 30.4. The van der Waals surface area contributed by atoms with Crippen LogP contribution in [0, 0.1) is 0 Å². The topological polar surface area (TPSA) is 66.8 Å². The molecule has 0 radical (unpaired) electrons. The maximum atomic E-state index is 12.1. The summed E-state index contributed by atoms with van der Waals surface area (Å²) in [4.78, 5) is 24.6. The molecule has 0 aromatic rings. The molecule has 2 heterocycles. The van der Waals surface area contributed by atoms with Crippen molar-refractivity contribution < 1.29 is 19.4 Å². The Kier molecular flexibility index (Phi) is 3.70. The summed E-state index contributed by atoms with van der Waals surface area (Å²) >= 11 is 1.63. The van der Waals surface area contributed by atoms with Gasteiger partial charge in [0.2, 0.25) is 5.91 Å². The number of thioether (sulfide) groups is 1. The molecule has 0 bridgehead atoms. The molecule has 1 N–H and O–H groups in total. The first-order chi connectivity index (χ1) is 7.70. The zero-order valence-electron chi connectivity index (χ0n) is 8.92. The maximum absolute atomic E-state index is 12.1. The Bertz CT molecular complexity index is 291. The number of nitrogens with zero attached hydrogens (tertiary/aromatic N) is 1. The van der Waals surface area contributed by atoms with Crippen molar-refractivity contribution in [3.63, 3.8) is 0 Å². The molecule has 2 aliphatic heterocycles. The second-order valence-corrected chi connectivity index (χ2v) is 5.27. The smallest absolute Gasteiger partial charge is 0.328 e. The minimum absolute atomic E-state index is 0.0294. The number of carbonyl (C=O) groups is 2. The van der Waals surface area contributed by atoms with Crippen LogP contribution in [0.2, 0.25) is 0 Å². The predicted octanol–water partition coefficient (Wildman–Crippen LogP) is 0.194. The van der Waals surface area contributed by atoms with Crippen LogP contribution >= 0.6 is 11.8 Å². The summed E-state index contributed by atoms with van der Waals surface area (Å²) in [5.74, 6) is -0.00683. The van der Waals surface area contributed by atoms with Crippen molar-refractivity contribution in [2.75, 3.05) is 25.5 Å². The van der Waals surface area contributed by atoms with Gasteiger partial charge in [-0.2, -0.15) is 0 Å².